The normalized spacial score (nSPS) is 19.3. The number of furan rings is 1. The van der Waals surface area contributed by atoms with E-state index in [0.29, 0.717) is 18.4 Å². The Kier molecular flexibility index (Phi) is 4.25. The van der Waals surface area contributed by atoms with E-state index in [-0.39, 0.29) is 5.09 Å². The lowest BCUT2D eigenvalue weighted by molar-refractivity contribution is -0.0392. The van der Waals surface area contributed by atoms with Gasteiger partial charge >= 0.3 is 6.03 Å². The molecule has 2 amide bonds. The maximum atomic E-state index is 12.6. The first-order chi connectivity index (χ1) is 13.9. The van der Waals surface area contributed by atoms with Crippen LogP contribution in [0.15, 0.2) is 27.9 Å². The second kappa shape index (κ2) is 6.60. The maximum absolute atomic E-state index is 12.6. The first kappa shape index (κ1) is 18.7. The van der Waals surface area contributed by atoms with Crippen molar-refractivity contribution in [2.75, 3.05) is 5.32 Å². The predicted molar refractivity (Wildman–Crippen MR) is 106 cm³/mol. The number of fused-ring (bicyclic) bond motifs is 2. The molecule has 29 heavy (non-hydrogen) atoms. The van der Waals surface area contributed by atoms with Gasteiger partial charge in [-0.05, 0) is 80.0 Å². The molecule has 7 nitrogen and oxygen atoms in total. The number of urea groups is 1. The zero-order valence-electron chi connectivity index (χ0n) is 16.1. The number of carbonyl (C=O) groups excluding carboxylic acids is 1. The van der Waals surface area contributed by atoms with Gasteiger partial charge in [-0.15, -0.1) is 0 Å². The Balaban J connectivity index is 1.36. The minimum absolute atomic E-state index is 0.369. The molecule has 0 saturated heterocycles. The van der Waals surface area contributed by atoms with Crippen LogP contribution >= 0.6 is 0 Å². The number of sulfonamides is 1. The molecule has 1 aromatic carbocycles. The minimum Gasteiger partial charge on any atom is -0.451 e. The number of aryl methyl sites for hydroxylation is 2. The molecule has 0 spiro atoms. The molecule has 1 aromatic heterocycles. The van der Waals surface area contributed by atoms with Gasteiger partial charge in [0.15, 0.2) is 0 Å². The Labute approximate surface area is 169 Å². The summed E-state index contributed by atoms with van der Waals surface area (Å²) in [6.07, 6.45) is 9.16. The van der Waals surface area contributed by atoms with E-state index in [1.807, 2.05) is 0 Å². The third-order valence-corrected chi connectivity index (χ3v) is 7.69. The first-order valence-corrected chi connectivity index (χ1v) is 11.7. The van der Waals surface area contributed by atoms with E-state index in [4.69, 9.17) is 4.42 Å². The minimum atomic E-state index is -4.17. The summed E-state index contributed by atoms with van der Waals surface area (Å²) in [5, 5.41) is 12.8. The Hall–Kier alpha value is -2.32. The fourth-order valence-corrected chi connectivity index (χ4v) is 5.63. The molecule has 0 unspecified atom stereocenters. The molecule has 5 rings (SSSR count). The van der Waals surface area contributed by atoms with Crippen molar-refractivity contribution in [1.82, 2.24) is 4.72 Å². The third-order valence-electron chi connectivity index (χ3n) is 6.50. The van der Waals surface area contributed by atoms with E-state index in [0.717, 1.165) is 61.8 Å². The summed E-state index contributed by atoms with van der Waals surface area (Å²) in [4.78, 5) is 12.6. The largest absolute Gasteiger partial charge is 0.451 e. The molecule has 1 heterocycles. The van der Waals surface area contributed by atoms with Gasteiger partial charge in [0.1, 0.15) is 0 Å². The highest BCUT2D eigenvalue weighted by atomic mass is 32.2. The quantitative estimate of drug-likeness (QED) is 0.710. The van der Waals surface area contributed by atoms with E-state index >= 15 is 0 Å². The average Bonchev–Trinajstić information content (AvgIpc) is 3.38. The van der Waals surface area contributed by atoms with Crippen molar-refractivity contribution in [2.24, 2.45) is 0 Å². The van der Waals surface area contributed by atoms with E-state index < -0.39 is 21.7 Å². The van der Waals surface area contributed by atoms with Crippen molar-refractivity contribution in [3.8, 4) is 0 Å². The number of carbonyl (C=O) groups is 1. The third kappa shape index (κ3) is 3.14. The van der Waals surface area contributed by atoms with E-state index in [2.05, 4.69) is 16.1 Å². The highest BCUT2D eigenvalue weighted by Crippen LogP contribution is 2.42. The second-order valence-electron chi connectivity index (χ2n) is 8.33. The van der Waals surface area contributed by atoms with Crippen LogP contribution in [0, 0.1) is 0 Å². The zero-order valence-corrected chi connectivity index (χ0v) is 16.9. The Morgan fingerprint density at radius 1 is 1.00 bits per heavy atom. The van der Waals surface area contributed by atoms with E-state index in [1.165, 1.54) is 23.5 Å². The molecule has 2 aromatic rings. The van der Waals surface area contributed by atoms with Crippen LogP contribution in [-0.4, -0.2) is 19.6 Å². The molecule has 0 atom stereocenters. The second-order valence-corrected chi connectivity index (χ2v) is 9.95. The molecule has 3 aliphatic carbocycles. The van der Waals surface area contributed by atoms with Gasteiger partial charge in [0.25, 0.3) is 10.0 Å². The van der Waals surface area contributed by atoms with Gasteiger partial charge in [-0.1, -0.05) is 6.07 Å². The Bertz CT molecular complexity index is 1070. The summed E-state index contributed by atoms with van der Waals surface area (Å²) in [5.74, 6) is 0. The van der Waals surface area contributed by atoms with Crippen LogP contribution in [0.2, 0.25) is 0 Å². The number of nitrogens with one attached hydrogen (secondary N) is 2. The fourth-order valence-electron chi connectivity index (χ4n) is 4.78. The lowest BCUT2D eigenvalue weighted by atomic mass is 9.76. The highest BCUT2D eigenvalue weighted by Gasteiger charge is 2.38. The Morgan fingerprint density at radius 2 is 1.66 bits per heavy atom. The van der Waals surface area contributed by atoms with Crippen LogP contribution in [0.5, 0.6) is 0 Å². The van der Waals surface area contributed by atoms with Crippen LogP contribution in [0.4, 0.5) is 10.5 Å². The zero-order chi connectivity index (χ0) is 20.2. The lowest BCUT2D eigenvalue weighted by Crippen LogP contribution is -2.35. The highest BCUT2D eigenvalue weighted by molar-refractivity contribution is 7.89. The Morgan fingerprint density at radius 3 is 2.24 bits per heavy atom. The predicted octanol–water partition coefficient (Wildman–Crippen LogP) is 3.14. The van der Waals surface area contributed by atoms with Crippen LogP contribution in [0.3, 0.4) is 0 Å². The van der Waals surface area contributed by atoms with Crippen molar-refractivity contribution < 1.29 is 22.7 Å². The molecule has 8 heteroatoms. The van der Waals surface area contributed by atoms with Gasteiger partial charge in [-0.25, -0.2) is 9.52 Å². The summed E-state index contributed by atoms with van der Waals surface area (Å²) in [6.45, 7) is 0. The van der Waals surface area contributed by atoms with Crippen LogP contribution in [-0.2, 0) is 41.3 Å². The number of anilines is 1. The smallest absolute Gasteiger partial charge is 0.333 e. The van der Waals surface area contributed by atoms with Crippen LogP contribution in [0.25, 0.3) is 0 Å². The summed E-state index contributed by atoms with van der Waals surface area (Å²) >= 11 is 0. The standard InChI is InChI=1S/C21H24N2O5S/c24-20(22-19-16-6-1-4-13(16)10-14-5-2-7-17(14)19)23-29(26,27)18-11-15(12-28-18)21(25)8-3-9-21/h10-12,25H,1-9H2,(H2,22,23,24). The number of amides is 2. The van der Waals surface area contributed by atoms with Gasteiger partial charge in [0.2, 0.25) is 5.09 Å². The molecule has 1 saturated carbocycles. The topological polar surface area (TPSA) is 109 Å². The lowest BCUT2D eigenvalue weighted by Gasteiger charge is -2.35. The number of rotatable bonds is 4. The van der Waals surface area contributed by atoms with Crippen LogP contribution < -0.4 is 10.0 Å². The van der Waals surface area contributed by atoms with Crippen molar-refractivity contribution in [1.29, 1.82) is 0 Å². The average molecular weight is 416 g/mol. The molecule has 0 bridgehead atoms. The van der Waals surface area contributed by atoms with Gasteiger partial charge in [0.05, 0.1) is 11.9 Å². The summed E-state index contributed by atoms with van der Waals surface area (Å²) < 4.78 is 32.4. The molecular weight excluding hydrogens is 392 g/mol. The van der Waals surface area contributed by atoms with E-state index in [1.54, 1.807) is 0 Å². The maximum Gasteiger partial charge on any atom is 0.333 e. The van der Waals surface area contributed by atoms with Crippen LogP contribution in [0.1, 0.15) is 59.9 Å². The van der Waals surface area contributed by atoms with Gasteiger partial charge in [-0.2, -0.15) is 8.42 Å². The number of hydrogen-bond donors (Lipinski definition) is 3. The van der Waals surface area contributed by atoms with E-state index in [9.17, 15) is 18.3 Å². The SMILES string of the molecule is O=C(Nc1c2c(cc3c1CCC3)CCC2)NS(=O)(=O)c1cc(C2(O)CCC2)co1. The van der Waals surface area contributed by atoms with Gasteiger partial charge < -0.3 is 14.8 Å². The van der Waals surface area contributed by atoms with Crippen molar-refractivity contribution >= 4 is 21.7 Å². The molecule has 1 fully saturated rings. The molecule has 3 aliphatic rings. The fraction of sp³-hybridized carbons (Fsp3) is 0.476. The number of aliphatic hydroxyl groups is 1. The molecule has 0 radical (unpaired) electrons. The number of hydrogen-bond acceptors (Lipinski definition) is 5. The van der Waals surface area contributed by atoms with Crippen molar-refractivity contribution in [2.45, 2.75) is 68.5 Å². The van der Waals surface area contributed by atoms with Gasteiger partial charge in [-0.3, -0.25) is 0 Å². The molecule has 0 aliphatic heterocycles. The van der Waals surface area contributed by atoms with Crippen molar-refractivity contribution in [3.63, 3.8) is 0 Å². The van der Waals surface area contributed by atoms with Crippen molar-refractivity contribution in [3.05, 3.63) is 46.2 Å². The summed E-state index contributed by atoms with van der Waals surface area (Å²) in [7, 11) is -4.17. The molecule has 154 valence electrons. The summed E-state index contributed by atoms with van der Waals surface area (Å²) in [6, 6.07) is 2.76. The molecule has 3 N–H and O–H groups in total. The summed E-state index contributed by atoms with van der Waals surface area (Å²) in [5.41, 5.74) is 4.97. The molecular formula is C21H24N2O5S. The number of benzene rings is 1. The van der Waals surface area contributed by atoms with Gasteiger partial charge in [0, 0.05) is 17.3 Å². The monoisotopic (exact) mass is 416 g/mol. The first-order valence-electron chi connectivity index (χ1n) is 10.2.